The second-order valence-corrected chi connectivity index (χ2v) is 4.77. The van der Waals surface area contributed by atoms with Crippen LogP contribution in [-0.2, 0) is 9.53 Å². The molecule has 124 valence electrons. The maximum atomic E-state index is 12.9. The van der Waals surface area contributed by atoms with Crippen molar-refractivity contribution < 1.29 is 23.5 Å². The molecule has 0 unspecified atom stereocenters. The first-order chi connectivity index (χ1) is 11.5. The summed E-state index contributed by atoms with van der Waals surface area (Å²) in [5, 5.41) is 4.31. The van der Waals surface area contributed by atoms with Crippen LogP contribution in [0.5, 0.6) is 0 Å². The number of nitrogens with one attached hydrogen (secondary N) is 2. The van der Waals surface area contributed by atoms with Gasteiger partial charge in [-0.05, 0) is 24.3 Å². The first kappa shape index (κ1) is 17.1. The first-order valence-corrected chi connectivity index (χ1v) is 7.05. The molecule has 0 aliphatic heterocycles. The Bertz CT molecular complexity index is 732. The largest absolute Gasteiger partial charge is 0.444 e. The molecule has 2 N–H and O–H groups in total. The van der Waals surface area contributed by atoms with Crippen LogP contribution in [0.2, 0.25) is 0 Å². The van der Waals surface area contributed by atoms with E-state index in [-0.39, 0.29) is 5.56 Å². The van der Waals surface area contributed by atoms with Crippen LogP contribution in [0, 0.1) is 5.82 Å². The smallest absolute Gasteiger partial charge is 0.339 e. The van der Waals surface area contributed by atoms with Gasteiger partial charge in [-0.2, -0.15) is 0 Å². The van der Waals surface area contributed by atoms with Gasteiger partial charge in [0.05, 0.1) is 5.56 Å². The zero-order valence-corrected chi connectivity index (χ0v) is 12.8. The molecule has 0 spiro atoms. The fourth-order valence-electron chi connectivity index (χ4n) is 1.90. The predicted octanol–water partition coefficient (Wildman–Crippen LogP) is 2.18. The van der Waals surface area contributed by atoms with Crippen LogP contribution in [0.25, 0.3) is 0 Å². The van der Waals surface area contributed by atoms with Gasteiger partial charge in [0.2, 0.25) is 6.10 Å². The number of hydrogen-bond donors (Lipinski definition) is 2. The van der Waals surface area contributed by atoms with Gasteiger partial charge in [-0.15, -0.1) is 0 Å². The lowest BCUT2D eigenvalue weighted by atomic mass is 10.1. The van der Waals surface area contributed by atoms with E-state index in [1.165, 1.54) is 19.2 Å². The summed E-state index contributed by atoms with van der Waals surface area (Å²) < 4.78 is 18.1. The number of carbonyl (C=O) groups excluding carboxylic acids is 3. The highest BCUT2D eigenvalue weighted by Crippen LogP contribution is 2.19. The predicted molar refractivity (Wildman–Crippen MR) is 83.6 cm³/mol. The molecular formula is C17H15FN2O4. The molecule has 0 aliphatic rings. The molecule has 6 nitrogen and oxygen atoms in total. The maximum Gasteiger partial charge on any atom is 0.339 e. The number of ether oxygens (including phenoxy) is 1. The molecular weight excluding hydrogens is 315 g/mol. The van der Waals surface area contributed by atoms with Crippen molar-refractivity contribution in [2.24, 2.45) is 0 Å². The number of hydrogen-bond acceptors (Lipinski definition) is 4. The lowest BCUT2D eigenvalue weighted by Crippen LogP contribution is -2.41. The second-order valence-electron chi connectivity index (χ2n) is 4.77. The highest BCUT2D eigenvalue weighted by atomic mass is 19.1. The number of imide groups is 1. The van der Waals surface area contributed by atoms with Gasteiger partial charge in [0.25, 0.3) is 5.91 Å². The molecule has 7 heteroatoms. The number of benzene rings is 2. The number of carbonyl (C=O) groups is 3. The van der Waals surface area contributed by atoms with Crippen LogP contribution in [0.15, 0.2) is 54.6 Å². The van der Waals surface area contributed by atoms with E-state index in [4.69, 9.17) is 4.74 Å². The molecule has 1 atom stereocenters. The summed E-state index contributed by atoms with van der Waals surface area (Å²) in [4.78, 5) is 35.7. The number of urea groups is 1. The lowest BCUT2D eigenvalue weighted by molar-refractivity contribution is -0.129. The van der Waals surface area contributed by atoms with Crippen molar-refractivity contribution in [3.63, 3.8) is 0 Å². The highest BCUT2D eigenvalue weighted by molar-refractivity contribution is 5.99. The molecule has 2 aromatic rings. The second kappa shape index (κ2) is 7.87. The minimum atomic E-state index is -1.32. The van der Waals surface area contributed by atoms with Gasteiger partial charge in [0.1, 0.15) is 5.82 Å². The van der Waals surface area contributed by atoms with Crippen molar-refractivity contribution in [3.05, 3.63) is 71.5 Å². The Kier molecular flexibility index (Phi) is 5.62. The molecule has 0 saturated carbocycles. The summed E-state index contributed by atoms with van der Waals surface area (Å²) in [6.07, 6.45) is -1.32. The fourth-order valence-corrected chi connectivity index (χ4v) is 1.90. The van der Waals surface area contributed by atoms with Crippen molar-refractivity contribution in [1.29, 1.82) is 0 Å². The van der Waals surface area contributed by atoms with Crippen molar-refractivity contribution in [1.82, 2.24) is 10.6 Å². The zero-order chi connectivity index (χ0) is 17.5. The number of esters is 1. The lowest BCUT2D eigenvalue weighted by Gasteiger charge is -2.17. The number of halogens is 1. The third-order valence-corrected chi connectivity index (χ3v) is 3.11. The quantitative estimate of drug-likeness (QED) is 0.842. The Balaban J connectivity index is 2.22. The third kappa shape index (κ3) is 4.39. The monoisotopic (exact) mass is 330 g/mol. The molecule has 24 heavy (non-hydrogen) atoms. The topological polar surface area (TPSA) is 84.5 Å². The minimum Gasteiger partial charge on any atom is -0.444 e. The average molecular weight is 330 g/mol. The highest BCUT2D eigenvalue weighted by Gasteiger charge is 2.26. The van der Waals surface area contributed by atoms with Gasteiger partial charge >= 0.3 is 12.0 Å². The van der Waals surface area contributed by atoms with Crippen LogP contribution < -0.4 is 10.6 Å². The van der Waals surface area contributed by atoms with E-state index in [2.05, 4.69) is 10.6 Å². The fraction of sp³-hybridized carbons (Fsp3) is 0.118. The Morgan fingerprint density at radius 2 is 1.62 bits per heavy atom. The molecule has 0 heterocycles. The molecule has 0 aliphatic carbocycles. The van der Waals surface area contributed by atoms with Crippen LogP contribution in [0.4, 0.5) is 9.18 Å². The van der Waals surface area contributed by atoms with Gasteiger partial charge in [0, 0.05) is 12.6 Å². The molecule has 0 saturated heterocycles. The average Bonchev–Trinajstić information content (AvgIpc) is 2.60. The maximum absolute atomic E-state index is 12.9. The van der Waals surface area contributed by atoms with Crippen molar-refractivity contribution in [2.75, 3.05) is 7.05 Å². The molecule has 3 amide bonds. The zero-order valence-electron chi connectivity index (χ0n) is 12.8. The van der Waals surface area contributed by atoms with E-state index >= 15 is 0 Å². The van der Waals surface area contributed by atoms with E-state index in [0.29, 0.717) is 5.56 Å². The molecule has 2 rings (SSSR count). The number of rotatable bonds is 4. The summed E-state index contributed by atoms with van der Waals surface area (Å²) in [7, 11) is 1.35. The standard InChI is InChI=1S/C17H15FN2O4/c1-19-17(23)20-15(21)14(11-5-3-2-4-6-11)24-16(22)12-7-9-13(18)10-8-12/h2-10,14H,1H3,(H2,19,20,21,23)/t14-/m1/s1. The van der Waals surface area contributed by atoms with Gasteiger partial charge in [0.15, 0.2) is 0 Å². The molecule has 2 aromatic carbocycles. The summed E-state index contributed by atoms with van der Waals surface area (Å²) in [5.41, 5.74) is 0.486. The van der Waals surface area contributed by atoms with Gasteiger partial charge in [-0.3, -0.25) is 10.1 Å². The Morgan fingerprint density at radius 1 is 1.00 bits per heavy atom. The number of amides is 3. The third-order valence-electron chi connectivity index (χ3n) is 3.11. The van der Waals surface area contributed by atoms with Crippen LogP contribution in [-0.4, -0.2) is 25.0 Å². The van der Waals surface area contributed by atoms with Gasteiger partial charge in [-0.1, -0.05) is 30.3 Å². The summed E-state index contributed by atoms with van der Waals surface area (Å²) in [5.74, 6) is -2.10. The van der Waals surface area contributed by atoms with E-state index in [1.54, 1.807) is 30.3 Å². The van der Waals surface area contributed by atoms with E-state index < -0.39 is 29.8 Å². The minimum absolute atomic E-state index is 0.0880. The molecule has 0 radical (unpaired) electrons. The van der Waals surface area contributed by atoms with E-state index in [0.717, 1.165) is 12.1 Å². The van der Waals surface area contributed by atoms with Crippen LogP contribution >= 0.6 is 0 Å². The van der Waals surface area contributed by atoms with Crippen LogP contribution in [0.3, 0.4) is 0 Å². The van der Waals surface area contributed by atoms with Crippen molar-refractivity contribution in [3.8, 4) is 0 Å². The van der Waals surface area contributed by atoms with Crippen LogP contribution in [0.1, 0.15) is 22.0 Å². The summed E-state index contributed by atoms with van der Waals surface area (Å²) >= 11 is 0. The summed E-state index contributed by atoms with van der Waals surface area (Å²) in [6.45, 7) is 0. The molecule has 0 aromatic heterocycles. The van der Waals surface area contributed by atoms with Gasteiger partial charge < -0.3 is 10.1 Å². The normalized spacial score (nSPS) is 11.2. The van der Waals surface area contributed by atoms with Crippen molar-refractivity contribution >= 4 is 17.9 Å². The van der Waals surface area contributed by atoms with Crippen molar-refractivity contribution in [2.45, 2.75) is 6.10 Å². The Hall–Kier alpha value is -3.22. The molecule has 0 fully saturated rings. The molecule has 0 bridgehead atoms. The Morgan fingerprint density at radius 3 is 2.21 bits per heavy atom. The SMILES string of the molecule is CNC(=O)NC(=O)[C@H](OC(=O)c1ccc(F)cc1)c1ccccc1. The summed E-state index contributed by atoms with van der Waals surface area (Å²) in [6, 6.07) is 12.2. The Labute approximate surface area is 137 Å². The first-order valence-electron chi connectivity index (χ1n) is 7.05. The van der Waals surface area contributed by atoms with Gasteiger partial charge in [-0.25, -0.2) is 14.0 Å². The van der Waals surface area contributed by atoms with E-state index in [1.807, 2.05) is 0 Å². The van der Waals surface area contributed by atoms with E-state index in [9.17, 15) is 18.8 Å².